The summed E-state index contributed by atoms with van der Waals surface area (Å²) in [7, 11) is 0.183. The fraction of sp³-hybridized carbons (Fsp3) is 0.298. The fourth-order valence-electron chi connectivity index (χ4n) is 10.5. The molecule has 3 heterocycles. The Morgan fingerprint density at radius 3 is 1.62 bits per heavy atom. The highest BCUT2D eigenvalue weighted by Crippen LogP contribution is 2.66. The number of fused-ring (bicyclic) bond motifs is 8. The van der Waals surface area contributed by atoms with Crippen molar-refractivity contribution in [2.45, 2.75) is 107 Å². The molecule has 0 fully saturated rings. The van der Waals surface area contributed by atoms with Gasteiger partial charge in [0.1, 0.15) is 11.5 Å². The first-order chi connectivity index (χ1) is 29.7. The highest BCUT2D eigenvalue weighted by molar-refractivity contribution is 7.98. The second-order valence-electron chi connectivity index (χ2n) is 18.1. The second-order valence-corrected chi connectivity index (χ2v) is 23.9. The molecule has 0 saturated heterocycles. The lowest BCUT2D eigenvalue weighted by Gasteiger charge is -2.35. The van der Waals surface area contributed by atoms with Gasteiger partial charge in [0.25, 0.3) is 0 Å². The smallest absolute Gasteiger partial charge is 0.143 e. The highest BCUT2D eigenvalue weighted by atomic mass is 32.2. The summed E-state index contributed by atoms with van der Waals surface area (Å²) in [6.07, 6.45) is 11.5. The van der Waals surface area contributed by atoms with Crippen molar-refractivity contribution in [3.05, 3.63) is 193 Å². The van der Waals surface area contributed by atoms with Crippen molar-refractivity contribution in [3.63, 3.8) is 0 Å². The zero-order chi connectivity index (χ0) is 42.0. The van der Waals surface area contributed by atoms with E-state index in [1.807, 2.05) is 22.7 Å². The highest BCUT2D eigenvalue weighted by Gasteiger charge is 2.53. The molecule has 10 rings (SSSR count). The van der Waals surface area contributed by atoms with Crippen molar-refractivity contribution in [2.24, 2.45) is 0 Å². The third kappa shape index (κ3) is 6.49. The first-order valence-corrected chi connectivity index (χ1v) is 26.7. The van der Waals surface area contributed by atoms with Gasteiger partial charge in [0.05, 0.1) is 20.2 Å². The maximum atomic E-state index is 2.67. The molecule has 4 heteroatoms. The number of hydrogen-bond donors (Lipinski definition) is 0. The lowest BCUT2D eigenvalue weighted by Crippen LogP contribution is -2.30. The van der Waals surface area contributed by atoms with E-state index >= 15 is 0 Å². The third-order valence-corrected chi connectivity index (χ3v) is 20.3. The van der Waals surface area contributed by atoms with Gasteiger partial charge in [-0.1, -0.05) is 164 Å². The predicted molar refractivity (Wildman–Crippen MR) is 270 cm³/mol. The van der Waals surface area contributed by atoms with Crippen LogP contribution in [0.1, 0.15) is 126 Å². The van der Waals surface area contributed by atoms with Gasteiger partial charge in [0.15, 0.2) is 0 Å². The Kier molecular flexibility index (Phi) is 10.8. The van der Waals surface area contributed by atoms with Crippen LogP contribution in [0.5, 0.6) is 0 Å². The molecule has 0 bridgehead atoms. The van der Waals surface area contributed by atoms with Gasteiger partial charge in [0.2, 0.25) is 4.21 Å². The summed E-state index contributed by atoms with van der Waals surface area (Å²) in [5.41, 5.74) is 18.4. The SMILES string of the molecule is CCCCCCCCc1ccc(C2(c3ccc(C)cc3)c3cc4c(cc3-c3sccc32)C(c2ccc(C)cc2)(c2ccc(C)cc2)c2c-4sc3cc([S+](C)C(C)C)sc23)cc1. The molecule has 0 amide bonds. The molecule has 2 atom stereocenters. The van der Waals surface area contributed by atoms with Crippen LogP contribution in [0.25, 0.3) is 30.3 Å². The van der Waals surface area contributed by atoms with E-state index in [1.165, 1.54) is 140 Å². The van der Waals surface area contributed by atoms with Gasteiger partial charge in [-0.3, -0.25) is 0 Å². The minimum atomic E-state index is -0.462. The standard InChI is InChI=1S/C57H57S4/c1-8-9-10-11-12-13-14-40-21-29-42(30-22-40)56(41-23-15-37(4)16-24-41)47-31-32-58-53(47)45-33-49-46(34-48(45)56)54-52(55-50(59-54)35-51(60-55)61(7)36(2)3)57(49,43-25-17-38(5)18-26-43)44-27-19-39(6)20-28-44/h15-36H,8-14H2,1-7H3/q+1. The minimum Gasteiger partial charge on any atom is -0.143 e. The van der Waals surface area contributed by atoms with E-state index in [9.17, 15) is 0 Å². The fourth-order valence-corrected chi connectivity index (χ4v) is 16.2. The Hall–Kier alpha value is -4.19. The van der Waals surface area contributed by atoms with Crippen LogP contribution in [0.15, 0.2) is 131 Å². The first kappa shape index (κ1) is 40.9. The summed E-state index contributed by atoms with van der Waals surface area (Å²) >= 11 is 6.01. The average Bonchev–Trinajstić information content (AvgIpc) is 4.08. The third-order valence-electron chi connectivity index (χ3n) is 13.9. The summed E-state index contributed by atoms with van der Waals surface area (Å²) in [6.45, 7) is 13.7. The number of thiophene rings is 3. The largest absolute Gasteiger partial charge is 0.210 e. The van der Waals surface area contributed by atoms with Gasteiger partial charge in [-0.05, 0) is 127 Å². The summed E-state index contributed by atoms with van der Waals surface area (Å²) < 4.78 is 4.43. The lowest BCUT2D eigenvalue weighted by molar-refractivity contribution is 0.607. The lowest BCUT2D eigenvalue weighted by atomic mass is 9.65. The van der Waals surface area contributed by atoms with Crippen molar-refractivity contribution >= 4 is 54.3 Å². The summed E-state index contributed by atoms with van der Waals surface area (Å²) in [5, 5.41) is 2.95. The number of rotatable bonds is 13. The molecular formula is C57H57S4+. The van der Waals surface area contributed by atoms with Gasteiger partial charge in [-0.2, -0.15) is 0 Å². The van der Waals surface area contributed by atoms with E-state index in [0.29, 0.717) is 5.25 Å². The van der Waals surface area contributed by atoms with E-state index in [4.69, 9.17) is 0 Å². The molecule has 61 heavy (non-hydrogen) atoms. The second kappa shape index (κ2) is 16.2. The molecule has 8 aromatic rings. The topological polar surface area (TPSA) is 0 Å². The Morgan fingerprint density at radius 1 is 0.541 bits per heavy atom. The Bertz CT molecular complexity index is 2800. The van der Waals surface area contributed by atoms with E-state index in [1.54, 1.807) is 0 Å². The maximum absolute atomic E-state index is 2.67. The molecule has 0 spiro atoms. The molecule has 2 unspecified atom stereocenters. The monoisotopic (exact) mass is 869 g/mol. The van der Waals surface area contributed by atoms with Gasteiger partial charge in [0, 0.05) is 32.3 Å². The molecule has 308 valence electrons. The first-order valence-electron chi connectivity index (χ1n) is 22.5. The molecular weight excluding hydrogens is 813 g/mol. The molecule has 5 aromatic carbocycles. The van der Waals surface area contributed by atoms with Crippen molar-refractivity contribution < 1.29 is 0 Å². The number of benzene rings is 5. The summed E-state index contributed by atoms with van der Waals surface area (Å²) in [4.78, 5) is 2.84. The van der Waals surface area contributed by atoms with Crippen LogP contribution in [-0.2, 0) is 28.1 Å². The van der Waals surface area contributed by atoms with E-state index in [-0.39, 0.29) is 10.9 Å². The van der Waals surface area contributed by atoms with Crippen molar-refractivity contribution in [3.8, 4) is 20.9 Å². The Morgan fingerprint density at radius 2 is 1.05 bits per heavy atom. The van der Waals surface area contributed by atoms with Crippen molar-refractivity contribution in [1.82, 2.24) is 0 Å². The number of unbranched alkanes of at least 4 members (excludes halogenated alkanes) is 5. The van der Waals surface area contributed by atoms with Crippen LogP contribution in [0.2, 0.25) is 0 Å². The van der Waals surface area contributed by atoms with E-state index < -0.39 is 10.8 Å². The van der Waals surface area contributed by atoms with Crippen LogP contribution in [0.4, 0.5) is 0 Å². The summed E-state index contributed by atoms with van der Waals surface area (Å²) in [5.74, 6) is 0. The van der Waals surface area contributed by atoms with Gasteiger partial charge in [-0.15, -0.1) is 22.7 Å². The number of aryl methyl sites for hydroxylation is 4. The summed E-state index contributed by atoms with van der Waals surface area (Å²) in [6, 6.07) is 48.7. The Labute approximate surface area is 379 Å². The molecule has 0 saturated carbocycles. The quantitative estimate of drug-likeness (QED) is 0.0800. The maximum Gasteiger partial charge on any atom is 0.210 e. The van der Waals surface area contributed by atoms with E-state index in [2.05, 4.69) is 186 Å². The van der Waals surface area contributed by atoms with E-state index in [0.717, 1.165) is 6.42 Å². The van der Waals surface area contributed by atoms with Crippen molar-refractivity contribution in [2.75, 3.05) is 6.26 Å². The molecule has 0 N–H and O–H groups in total. The molecule has 2 aliphatic rings. The molecule has 2 aliphatic carbocycles. The zero-order valence-electron chi connectivity index (χ0n) is 36.8. The molecule has 3 aromatic heterocycles. The average molecular weight is 870 g/mol. The van der Waals surface area contributed by atoms with Crippen LogP contribution in [-0.4, -0.2) is 11.5 Å². The van der Waals surface area contributed by atoms with Gasteiger partial charge in [-0.25, -0.2) is 0 Å². The van der Waals surface area contributed by atoms with Gasteiger partial charge >= 0.3 is 0 Å². The van der Waals surface area contributed by atoms with Crippen LogP contribution >= 0.6 is 34.0 Å². The predicted octanol–water partition coefficient (Wildman–Crippen LogP) is 16.6. The molecule has 0 aliphatic heterocycles. The van der Waals surface area contributed by atoms with Gasteiger partial charge < -0.3 is 0 Å². The Balaban J connectivity index is 1.24. The number of hydrogen-bond acceptors (Lipinski definition) is 3. The zero-order valence-corrected chi connectivity index (χ0v) is 40.1. The van der Waals surface area contributed by atoms with Crippen LogP contribution in [0, 0.1) is 20.8 Å². The van der Waals surface area contributed by atoms with Crippen LogP contribution in [0.3, 0.4) is 0 Å². The molecule has 0 radical (unpaired) electrons. The normalized spacial score (nSPS) is 16.5. The van der Waals surface area contributed by atoms with Crippen LogP contribution < -0.4 is 0 Å². The van der Waals surface area contributed by atoms with Crippen molar-refractivity contribution in [1.29, 1.82) is 0 Å². The minimum absolute atomic E-state index is 0.183. The molecule has 0 nitrogen and oxygen atoms in total.